The van der Waals surface area contributed by atoms with Crippen molar-refractivity contribution in [3.05, 3.63) is 47.0 Å². The lowest BCUT2D eigenvalue weighted by Crippen LogP contribution is -2.59. The monoisotopic (exact) mass is 476 g/mol. The molecule has 1 spiro atoms. The van der Waals surface area contributed by atoms with Gasteiger partial charge in [-0.05, 0) is 61.2 Å². The topological polar surface area (TPSA) is 53.3 Å². The number of nitrogens with zero attached hydrogens (tertiary/aromatic N) is 1. The van der Waals surface area contributed by atoms with E-state index in [0.29, 0.717) is 35.5 Å². The van der Waals surface area contributed by atoms with Crippen LogP contribution in [-0.4, -0.2) is 39.3 Å². The van der Waals surface area contributed by atoms with Gasteiger partial charge >= 0.3 is 6.18 Å². The first-order valence-corrected chi connectivity index (χ1v) is 12.6. The minimum Gasteiger partial charge on any atom is -0.385 e. The summed E-state index contributed by atoms with van der Waals surface area (Å²) in [6.45, 7) is 4.93. The summed E-state index contributed by atoms with van der Waals surface area (Å²) in [6.07, 6.45) is 1.09. The molecule has 3 aliphatic rings. The largest absolute Gasteiger partial charge is 0.416 e. The normalized spacial score (nSPS) is 18.4. The third-order valence-corrected chi connectivity index (χ3v) is 8.36. The minimum absolute atomic E-state index is 0.539. The van der Waals surface area contributed by atoms with Crippen molar-refractivity contribution in [3.63, 3.8) is 0 Å². The highest BCUT2D eigenvalue weighted by Crippen LogP contribution is 2.51. The second kappa shape index (κ2) is 9.04. The molecule has 0 radical (unpaired) electrons. The van der Waals surface area contributed by atoms with Crippen molar-refractivity contribution in [2.45, 2.75) is 48.1 Å². The molecule has 0 unspecified atom stereocenters. The molecule has 5 rings (SSSR count). The Balaban J connectivity index is 1.34. The van der Waals surface area contributed by atoms with E-state index in [9.17, 15) is 13.2 Å². The Labute approximate surface area is 197 Å². The number of alkyl halides is 3. The molecule has 0 aromatic heterocycles. The van der Waals surface area contributed by atoms with Crippen LogP contribution in [0, 0.1) is 5.41 Å². The molecule has 1 saturated heterocycles. The fourth-order valence-corrected chi connectivity index (χ4v) is 6.31. The lowest BCUT2D eigenvalue weighted by atomic mass is 9.63. The van der Waals surface area contributed by atoms with Crippen molar-refractivity contribution >= 4 is 23.1 Å². The molecule has 8 heteroatoms. The van der Waals surface area contributed by atoms with Crippen LogP contribution in [0.2, 0.25) is 0 Å². The fourth-order valence-electron chi connectivity index (χ4n) is 5.13. The quantitative estimate of drug-likeness (QED) is 0.395. The van der Waals surface area contributed by atoms with Gasteiger partial charge in [0.05, 0.1) is 5.56 Å². The standard InChI is InChI=1S/C25H31F3N4S/c26-25(27,28)18-12-21(31-9-2-8-30-10-7-29)20-11-17-3-4-19(14-22(17)33-23(20)13-18)32-15-24(16-32)5-1-6-24/h3-4,12-14,30-31H,1-2,5-11,15-16,29H2. The number of nitrogens with one attached hydrogen (secondary N) is 2. The number of hydrogen-bond acceptors (Lipinski definition) is 5. The number of benzene rings is 2. The van der Waals surface area contributed by atoms with E-state index < -0.39 is 11.7 Å². The van der Waals surface area contributed by atoms with Crippen LogP contribution in [0.5, 0.6) is 0 Å². The third-order valence-electron chi connectivity index (χ3n) is 7.17. The van der Waals surface area contributed by atoms with E-state index in [1.165, 1.54) is 54.4 Å². The van der Waals surface area contributed by atoms with Crippen LogP contribution >= 0.6 is 11.8 Å². The molecule has 4 nitrogen and oxygen atoms in total. The summed E-state index contributed by atoms with van der Waals surface area (Å²) in [5, 5.41) is 6.49. The summed E-state index contributed by atoms with van der Waals surface area (Å²) in [4.78, 5) is 4.19. The average Bonchev–Trinajstić information content (AvgIpc) is 2.72. The summed E-state index contributed by atoms with van der Waals surface area (Å²) < 4.78 is 40.9. The van der Waals surface area contributed by atoms with Gasteiger partial charge in [-0.15, -0.1) is 0 Å². The Morgan fingerprint density at radius 2 is 1.85 bits per heavy atom. The number of fused-ring (bicyclic) bond motifs is 2. The van der Waals surface area contributed by atoms with Gasteiger partial charge in [-0.2, -0.15) is 13.2 Å². The van der Waals surface area contributed by atoms with E-state index in [-0.39, 0.29) is 0 Å². The Bertz CT molecular complexity index is 1010. The Kier molecular flexibility index (Phi) is 6.27. The molecule has 0 amide bonds. The maximum atomic E-state index is 13.6. The van der Waals surface area contributed by atoms with Gasteiger partial charge in [0, 0.05) is 65.7 Å². The van der Waals surface area contributed by atoms with Gasteiger partial charge in [0.2, 0.25) is 0 Å². The van der Waals surface area contributed by atoms with E-state index in [1.807, 2.05) is 0 Å². The molecule has 0 bridgehead atoms. The molecule has 4 N–H and O–H groups in total. The lowest BCUT2D eigenvalue weighted by Gasteiger charge is -2.57. The summed E-state index contributed by atoms with van der Waals surface area (Å²) in [5.41, 5.74) is 9.35. The molecule has 2 aliphatic heterocycles. The average molecular weight is 477 g/mol. The Morgan fingerprint density at radius 3 is 2.55 bits per heavy atom. The predicted molar refractivity (Wildman–Crippen MR) is 128 cm³/mol. The fraction of sp³-hybridized carbons (Fsp3) is 0.520. The SMILES string of the molecule is NCCNCCCNc1cc(C(F)(F)F)cc2c1Cc1ccc(N3CC4(CCC4)C3)cc1S2. The van der Waals surface area contributed by atoms with Crippen molar-refractivity contribution in [2.24, 2.45) is 11.1 Å². The third kappa shape index (κ3) is 4.70. The number of hydrogen-bond donors (Lipinski definition) is 3. The number of nitrogens with two attached hydrogens (primary N) is 1. The first-order chi connectivity index (χ1) is 15.9. The van der Waals surface area contributed by atoms with Gasteiger partial charge in [-0.1, -0.05) is 24.2 Å². The summed E-state index contributed by atoms with van der Waals surface area (Å²) in [6, 6.07) is 9.09. The van der Waals surface area contributed by atoms with Crippen LogP contribution in [0.25, 0.3) is 0 Å². The van der Waals surface area contributed by atoms with E-state index in [0.717, 1.165) is 43.1 Å². The van der Waals surface area contributed by atoms with Gasteiger partial charge in [-0.3, -0.25) is 0 Å². The van der Waals surface area contributed by atoms with Gasteiger partial charge in [0.1, 0.15) is 0 Å². The van der Waals surface area contributed by atoms with E-state index in [1.54, 1.807) is 0 Å². The van der Waals surface area contributed by atoms with Crippen LogP contribution in [0.15, 0.2) is 40.1 Å². The lowest BCUT2D eigenvalue weighted by molar-refractivity contribution is -0.137. The van der Waals surface area contributed by atoms with Crippen molar-refractivity contribution in [3.8, 4) is 0 Å². The Morgan fingerprint density at radius 1 is 1.03 bits per heavy atom. The smallest absolute Gasteiger partial charge is 0.385 e. The number of anilines is 2. The van der Waals surface area contributed by atoms with Crippen molar-refractivity contribution in [1.82, 2.24) is 5.32 Å². The molecule has 0 atom stereocenters. The van der Waals surface area contributed by atoms with E-state index in [2.05, 4.69) is 33.7 Å². The summed E-state index contributed by atoms with van der Waals surface area (Å²) in [7, 11) is 0. The van der Waals surface area contributed by atoms with Gasteiger partial charge in [-0.25, -0.2) is 0 Å². The van der Waals surface area contributed by atoms with E-state index >= 15 is 0 Å². The maximum absolute atomic E-state index is 13.6. The molecular formula is C25H31F3N4S. The van der Waals surface area contributed by atoms with E-state index in [4.69, 9.17) is 5.73 Å². The highest BCUT2D eigenvalue weighted by Gasteiger charge is 2.47. The highest BCUT2D eigenvalue weighted by molar-refractivity contribution is 7.99. The second-order valence-electron chi connectivity index (χ2n) is 9.60. The van der Waals surface area contributed by atoms with Crippen LogP contribution < -0.4 is 21.3 Å². The number of halogens is 3. The van der Waals surface area contributed by atoms with Crippen LogP contribution in [-0.2, 0) is 12.6 Å². The molecule has 2 aromatic carbocycles. The highest BCUT2D eigenvalue weighted by atomic mass is 32.2. The second-order valence-corrected chi connectivity index (χ2v) is 10.7. The zero-order valence-corrected chi connectivity index (χ0v) is 19.5. The molecule has 1 saturated carbocycles. The first-order valence-electron chi connectivity index (χ1n) is 11.8. The van der Waals surface area contributed by atoms with Crippen molar-refractivity contribution in [1.29, 1.82) is 0 Å². The van der Waals surface area contributed by atoms with Gasteiger partial charge in [0.25, 0.3) is 0 Å². The molecule has 1 aliphatic carbocycles. The molecule has 33 heavy (non-hydrogen) atoms. The number of rotatable bonds is 8. The molecule has 2 heterocycles. The summed E-state index contributed by atoms with van der Waals surface area (Å²) in [5.74, 6) is 0. The van der Waals surface area contributed by atoms with Crippen LogP contribution in [0.3, 0.4) is 0 Å². The molecule has 2 fully saturated rings. The maximum Gasteiger partial charge on any atom is 0.416 e. The minimum atomic E-state index is -4.37. The first kappa shape index (κ1) is 22.9. The van der Waals surface area contributed by atoms with Gasteiger partial charge < -0.3 is 21.3 Å². The molecule has 178 valence electrons. The van der Waals surface area contributed by atoms with Gasteiger partial charge in [0.15, 0.2) is 0 Å². The van der Waals surface area contributed by atoms with Crippen molar-refractivity contribution in [2.75, 3.05) is 49.5 Å². The zero-order chi connectivity index (χ0) is 23.1. The predicted octanol–water partition coefficient (Wildman–Crippen LogP) is 5.10. The van der Waals surface area contributed by atoms with Crippen LogP contribution in [0.1, 0.15) is 42.4 Å². The zero-order valence-electron chi connectivity index (χ0n) is 18.7. The Hall–Kier alpha value is -1.90. The molecule has 2 aromatic rings. The van der Waals surface area contributed by atoms with Crippen LogP contribution in [0.4, 0.5) is 24.5 Å². The summed E-state index contributed by atoms with van der Waals surface area (Å²) >= 11 is 1.47. The van der Waals surface area contributed by atoms with Crippen molar-refractivity contribution < 1.29 is 13.2 Å². The molecular weight excluding hydrogens is 445 g/mol.